The second kappa shape index (κ2) is 8.78. The number of aryl methyl sites for hydroxylation is 2. The predicted octanol–water partition coefficient (Wildman–Crippen LogP) is 2.21. The largest absolute Gasteiger partial charge is 1.00 e. The molecule has 5 nitrogen and oxygen atoms in total. The maximum Gasteiger partial charge on any atom is 0.342 e. The zero-order valence-corrected chi connectivity index (χ0v) is 20.3. The average molecular weight is 538 g/mol. The van der Waals surface area contributed by atoms with Gasteiger partial charge in [-0.05, 0) is 60.7 Å². The molecule has 2 heterocycles. The van der Waals surface area contributed by atoms with Crippen LogP contribution in [-0.4, -0.2) is 18.1 Å². The highest BCUT2D eigenvalue weighted by Crippen LogP contribution is 2.37. The van der Waals surface area contributed by atoms with E-state index in [9.17, 15) is 4.79 Å². The Bertz CT molecular complexity index is 1460. The molecule has 0 unspecified atom stereocenters. The third-order valence-electron chi connectivity index (χ3n) is 5.94. The van der Waals surface area contributed by atoms with Crippen LogP contribution in [-0.2, 0) is 11.5 Å². The van der Waals surface area contributed by atoms with Crippen LogP contribution in [0.1, 0.15) is 21.5 Å². The summed E-state index contributed by atoms with van der Waals surface area (Å²) in [6.45, 7) is 4.43. The van der Waals surface area contributed by atoms with Crippen molar-refractivity contribution in [2.45, 2.75) is 20.6 Å². The lowest BCUT2D eigenvalue weighted by Crippen LogP contribution is -3.00. The number of esters is 1. The number of aromatic nitrogens is 2. The van der Waals surface area contributed by atoms with Crippen molar-refractivity contribution in [3.63, 3.8) is 0 Å². The second-order valence-electron chi connectivity index (χ2n) is 7.75. The number of H-pyrrole nitrogens is 1. The second-order valence-corrected chi connectivity index (χ2v) is 7.75. The summed E-state index contributed by atoms with van der Waals surface area (Å²) in [7, 11) is 1.68. The van der Waals surface area contributed by atoms with E-state index in [0.29, 0.717) is 5.56 Å². The van der Waals surface area contributed by atoms with Gasteiger partial charge in [-0.15, -0.1) is 0 Å². The average Bonchev–Trinajstić information content (AvgIpc) is 3.20. The summed E-state index contributed by atoms with van der Waals surface area (Å²) >= 11 is 0. The zero-order valence-electron chi connectivity index (χ0n) is 18.1. The number of fused-ring (bicyclic) bond motifs is 4. The number of methoxy groups -OCH3 is 1. The van der Waals surface area contributed by atoms with Crippen LogP contribution in [0.15, 0.2) is 67.0 Å². The Balaban J connectivity index is 0.00000245. The van der Waals surface area contributed by atoms with Crippen molar-refractivity contribution < 1.29 is 42.8 Å². The molecule has 162 valence electrons. The van der Waals surface area contributed by atoms with Crippen LogP contribution in [0.5, 0.6) is 5.75 Å². The van der Waals surface area contributed by atoms with Crippen molar-refractivity contribution >= 4 is 38.5 Å². The molecule has 5 aromatic rings. The summed E-state index contributed by atoms with van der Waals surface area (Å²) < 4.78 is 12.8. The molecule has 6 heteroatoms. The van der Waals surface area contributed by atoms with Crippen molar-refractivity contribution in [1.29, 1.82) is 0 Å². The SMILES string of the molecule is COc1ccc2[nH]c3c(C)c4cc[n+](COC(=O)c5ccccc5)cc4c(C)c3c2c1.[I-]. The first-order valence-electron chi connectivity index (χ1n) is 10.2. The van der Waals surface area contributed by atoms with Gasteiger partial charge in [0.25, 0.3) is 6.73 Å². The fourth-order valence-corrected chi connectivity index (χ4v) is 4.27. The number of hydrogen-bond donors (Lipinski definition) is 1. The van der Waals surface area contributed by atoms with Gasteiger partial charge in [-0.1, -0.05) is 18.2 Å². The minimum Gasteiger partial charge on any atom is -1.00 e. The van der Waals surface area contributed by atoms with Gasteiger partial charge in [0.05, 0.1) is 18.2 Å². The van der Waals surface area contributed by atoms with Crippen LogP contribution in [0, 0.1) is 13.8 Å². The standard InChI is InChI=1S/C26H22N2O3.HI/c1-16-22-14-28(15-31-26(29)18-7-5-4-6-8-18)12-11-20(22)17(2)25-24(16)21-13-19(30-3)9-10-23(21)27-25;/h4-14H,15H2,1-3H3;1H. The van der Waals surface area contributed by atoms with Crippen LogP contribution >= 0.6 is 0 Å². The monoisotopic (exact) mass is 538 g/mol. The van der Waals surface area contributed by atoms with Gasteiger partial charge in [0.2, 0.25) is 0 Å². The first-order valence-corrected chi connectivity index (χ1v) is 10.2. The third kappa shape index (κ3) is 3.68. The van der Waals surface area contributed by atoms with Crippen LogP contribution in [0.2, 0.25) is 0 Å². The molecule has 0 aliphatic heterocycles. The van der Waals surface area contributed by atoms with Crippen molar-refractivity contribution in [2.75, 3.05) is 7.11 Å². The number of hydrogen-bond acceptors (Lipinski definition) is 3. The minimum absolute atomic E-state index is 0. The van der Waals surface area contributed by atoms with Crippen LogP contribution < -0.4 is 33.3 Å². The molecular weight excluding hydrogens is 515 g/mol. The number of carbonyl (C=O) groups excluding carboxylic acids is 1. The van der Waals surface area contributed by atoms with Crippen molar-refractivity contribution in [3.05, 3.63) is 83.7 Å². The molecule has 0 saturated heterocycles. The van der Waals surface area contributed by atoms with E-state index in [1.165, 1.54) is 21.9 Å². The van der Waals surface area contributed by atoms with Gasteiger partial charge < -0.3 is 38.4 Å². The smallest absolute Gasteiger partial charge is 0.342 e. The Kier molecular flexibility index (Phi) is 6.06. The molecule has 1 N–H and O–H groups in total. The van der Waals surface area contributed by atoms with Gasteiger partial charge in [0.15, 0.2) is 12.4 Å². The lowest BCUT2D eigenvalue weighted by Gasteiger charge is -2.09. The molecule has 0 aliphatic rings. The lowest BCUT2D eigenvalue weighted by molar-refractivity contribution is -0.726. The van der Waals surface area contributed by atoms with E-state index in [4.69, 9.17) is 9.47 Å². The summed E-state index contributed by atoms with van der Waals surface area (Å²) in [5.74, 6) is 0.502. The fourth-order valence-electron chi connectivity index (χ4n) is 4.27. The van der Waals surface area contributed by atoms with Gasteiger partial charge in [-0.25, -0.2) is 4.79 Å². The van der Waals surface area contributed by atoms with Gasteiger partial charge in [0.1, 0.15) is 5.75 Å². The van der Waals surface area contributed by atoms with E-state index in [1.54, 1.807) is 19.2 Å². The van der Waals surface area contributed by atoms with E-state index in [1.807, 2.05) is 41.2 Å². The predicted molar refractivity (Wildman–Crippen MR) is 121 cm³/mol. The molecule has 0 amide bonds. The van der Waals surface area contributed by atoms with Gasteiger partial charge in [-0.2, -0.15) is 4.57 Å². The van der Waals surface area contributed by atoms with Crippen molar-refractivity contribution in [1.82, 2.24) is 4.98 Å². The molecule has 0 saturated carbocycles. The zero-order chi connectivity index (χ0) is 21.5. The fraction of sp³-hybridized carbons (Fsp3) is 0.154. The van der Waals surface area contributed by atoms with Crippen molar-refractivity contribution in [2.24, 2.45) is 0 Å². The number of nitrogens with zero attached hydrogens (tertiary/aromatic N) is 1. The van der Waals surface area contributed by atoms with E-state index in [0.717, 1.165) is 27.6 Å². The molecule has 0 fully saturated rings. The minimum atomic E-state index is -0.333. The first kappa shape index (κ1) is 22.1. The number of aromatic amines is 1. The van der Waals surface area contributed by atoms with Gasteiger partial charge in [0, 0.05) is 27.7 Å². The molecular formula is C26H23IN2O3. The Labute approximate surface area is 203 Å². The number of ether oxygens (including phenoxy) is 2. The Morgan fingerprint density at radius 3 is 2.50 bits per heavy atom. The molecule has 2 aromatic heterocycles. The summed E-state index contributed by atoms with van der Waals surface area (Å²) in [5.41, 5.74) is 5.15. The number of pyridine rings is 1. The van der Waals surface area contributed by atoms with E-state index in [-0.39, 0.29) is 36.7 Å². The Hall–Kier alpha value is -3.13. The number of halogens is 1. The van der Waals surface area contributed by atoms with Gasteiger partial charge in [-0.3, -0.25) is 0 Å². The van der Waals surface area contributed by atoms with E-state index >= 15 is 0 Å². The van der Waals surface area contributed by atoms with Gasteiger partial charge >= 0.3 is 5.97 Å². The van der Waals surface area contributed by atoms with Crippen LogP contribution in [0.4, 0.5) is 0 Å². The summed E-state index contributed by atoms with van der Waals surface area (Å²) in [6.07, 6.45) is 4.00. The molecule has 3 aromatic carbocycles. The van der Waals surface area contributed by atoms with Crippen LogP contribution in [0.3, 0.4) is 0 Å². The molecule has 0 spiro atoms. The van der Waals surface area contributed by atoms with Crippen molar-refractivity contribution in [3.8, 4) is 5.75 Å². The summed E-state index contributed by atoms with van der Waals surface area (Å²) in [5, 5.41) is 4.64. The Morgan fingerprint density at radius 2 is 1.75 bits per heavy atom. The number of nitrogens with one attached hydrogen (secondary N) is 1. The normalized spacial score (nSPS) is 11.0. The summed E-state index contributed by atoms with van der Waals surface area (Å²) in [6, 6.07) is 17.2. The first-order chi connectivity index (χ1) is 15.1. The number of carbonyl (C=O) groups is 1. The maximum atomic E-state index is 12.3. The highest BCUT2D eigenvalue weighted by Gasteiger charge is 2.17. The quantitative estimate of drug-likeness (QED) is 0.217. The molecule has 0 radical (unpaired) electrons. The molecule has 0 atom stereocenters. The highest BCUT2D eigenvalue weighted by atomic mass is 127. The molecule has 32 heavy (non-hydrogen) atoms. The number of benzene rings is 3. The Morgan fingerprint density at radius 1 is 0.969 bits per heavy atom. The lowest BCUT2D eigenvalue weighted by atomic mass is 9.97. The van der Waals surface area contributed by atoms with E-state index in [2.05, 4.69) is 37.0 Å². The molecule has 0 aliphatic carbocycles. The molecule has 5 rings (SSSR count). The molecule has 0 bridgehead atoms. The third-order valence-corrected chi connectivity index (χ3v) is 5.94. The topological polar surface area (TPSA) is 55.2 Å². The number of rotatable bonds is 4. The van der Waals surface area contributed by atoms with E-state index < -0.39 is 0 Å². The van der Waals surface area contributed by atoms with Crippen LogP contribution in [0.25, 0.3) is 32.6 Å². The summed E-state index contributed by atoms with van der Waals surface area (Å²) in [4.78, 5) is 15.9. The highest BCUT2D eigenvalue weighted by molar-refractivity contribution is 6.16. The maximum absolute atomic E-state index is 12.3.